The van der Waals surface area contributed by atoms with Crippen molar-refractivity contribution in [2.75, 3.05) is 69.0 Å². The molecule has 1 aromatic carbocycles. The van der Waals surface area contributed by atoms with Crippen molar-refractivity contribution in [3.8, 4) is 0 Å². The van der Waals surface area contributed by atoms with Gasteiger partial charge in [-0.05, 0) is 26.2 Å². The van der Waals surface area contributed by atoms with E-state index in [0.717, 1.165) is 50.8 Å². The number of para-hydroxylation sites is 2. The van der Waals surface area contributed by atoms with Gasteiger partial charge in [-0.15, -0.1) is 5.10 Å². The van der Waals surface area contributed by atoms with Gasteiger partial charge in [0.25, 0.3) is 0 Å². The Morgan fingerprint density at radius 2 is 2.00 bits per heavy atom. The molecule has 1 fully saturated rings. The quantitative estimate of drug-likeness (QED) is 0.782. The average molecular weight is 343 g/mol. The first-order valence-corrected chi connectivity index (χ1v) is 8.49. The van der Waals surface area contributed by atoms with Crippen LogP contribution >= 0.6 is 0 Å². The molecule has 1 aliphatic rings. The molecule has 0 radical (unpaired) electrons. The number of aromatic nitrogens is 3. The molecule has 3 rings (SSSR count). The predicted molar refractivity (Wildman–Crippen MR) is 99.6 cm³/mol. The fraction of sp³-hybridized carbons (Fsp3) is 0.471. The maximum Gasteiger partial charge on any atom is 0.249 e. The molecule has 2 N–H and O–H groups in total. The fourth-order valence-electron chi connectivity index (χ4n) is 2.63. The van der Waals surface area contributed by atoms with Gasteiger partial charge in [0.15, 0.2) is 5.82 Å². The topological polar surface area (TPSA) is 78.4 Å². The Hall–Kier alpha value is -2.45. The highest BCUT2D eigenvalue weighted by molar-refractivity contribution is 5.73. The molecule has 0 unspecified atom stereocenters. The lowest BCUT2D eigenvalue weighted by molar-refractivity contribution is 0.123. The van der Waals surface area contributed by atoms with Crippen molar-refractivity contribution in [3.63, 3.8) is 0 Å². The number of hydrogen-bond donors (Lipinski definition) is 2. The molecule has 0 atom stereocenters. The molecular formula is C17H25N7O. The summed E-state index contributed by atoms with van der Waals surface area (Å²) in [5.41, 5.74) is 2.09. The molecule has 0 aliphatic carbocycles. The monoisotopic (exact) mass is 343 g/mol. The Morgan fingerprint density at radius 1 is 1.20 bits per heavy atom. The lowest BCUT2D eigenvalue weighted by atomic mass is 10.2. The molecule has 8 nitrogen and oxygen atoms in total. The van der Waals surface area contributed by atoms with Gasteiger partial charge in [-0.2, -0.15) is 10.1 Å². The number of benzene rings is 1. The lowest BCUT2D eigenvalue weighted by Crippen LogP contribution is -2.36. The smallest absolute Gasteiger partial charge is 0.249 e. The minimum absolute atomic E-state index is 0.482. The van der Waals surface area contributed by atoms with Crippen molar-refractivity contribution in [1.82, 2.24) is 20.1 Å². The molecule has 8 heteroatoms. The van der Waals surface area contributed by atoms with Crippen LogP contribution in [0.25, 0.3) is 0 Å². The number of nitrogens with zero attached hydrogens (tertiary/aromatic N) is 5. The van der Waals surface area contributed by atoms with Crippen molar-refractivity contribution >= 4 is 23.1 Å². The van der Waals surface area contributed by atoms with Crippen molar-refractivity contribution in [2.45, 2.75) is 0 Å². The zero-order chi connectivity index (χ0) is 17.5. The van der Waals surface area contributed by atoms with Crippen LogP contribution < -0.4 is 15.5 Å². The van der Waals surface area contributed by atoms with E-state index >= 15 is 0 Å². The summed E-state index contributed by atoms with van der Waals surface area (Å²) < 4.78 is 5.44. The van der Waals surface area contributed by atoms with Crippen LogP contribution in [-0.4, -0.2) is 73.6 Å². The van der Waals surface area contributed by atoms with E-state index < -0.39 is 0 Å². The van der Waals surface area contributed by atoms with Gasteiger partial charge in [0.2, 0.25) is 5.95 Å². The maximum atomic E-state index is 5.44. The predicted octanol–water partition coefficient (Wildman–Crippen LogP) is 1.43. The first kappa shape index (κ1) is 17.4. The number of nitrogens with one attached hydrogen (secondary N) is 2. The van der Waals surface area contributed by atoms with Crippen molar-refractivity contribution in [2.24, 2.45) is 0 Å². The third kappa shape index (κ3) is 5.01. The molecule has 1 saturated heterocycles. The Morgan fingerprint density at radius 3 is 2.80 bits per heavy atom. The Labute approximate surface area is 148 Å². The summed E-state index contributed by atoms with van der Waals surface area (Å²) in [5, 5.41) is 14.7. The summed E-state index contributed by atoms with van der Waals surface area (Å²) in [7, 11) is 4.07. The van der Waals surface area contributed by atoms with Crippen LogP contribution in [0.5, 0.6) is 0 Å². The molecule has 0 bridgehead atoms. The van der Waals surface area contributed by atoms with Gasteiger partial charge >= 0.3 is 0 Å². The van der Waals surface area contributed by atoms with Crippen LogP contribution in [0.1, 0.15) is 0 Å². The van der Waals surface area contributed by atoms with Crippen molar-refractivity contribution in [3.05, 3.63) is 30.5 Å². The van der Waals surface area contributed by atoms with Crippen LogP contribution in [-0.2, 0) is 4.74 Å². The molecule has 1 aliphatic heterocycles. The molecule has 0 spiro atoms. The minimum atomic E-state index is 0.482. The molecular weight excluding hydrogens is 318 g/mol. The van der Waals surface area contributed by atoms with Gasteiger partial charge in [0, 0.05) is 26.2 Å². The SMILES string of the molecule is CN(C)CCNc1cnnc(Nc2ccccc2N2CCOCC2)n1. The summed E-state index contributed by atoms with van der Waals surface area (Å²) >= 11 is 0. The first-order chi connectivity index (χ1) is 12.2. The van der Waals surface area contributed by atoms with Gasteiger partial charge in [0.05, 0.1) is 30.8 Å². The minimum Gasteiger partial charge on any atom is -0.378 e. The van der Waals surface area contributed by atoms with Gasteiger partial charge in [0.1, 0.15) is 0 Å². The van der Waals surface area contributed by atoms with Gasteiger partial charge in [-0.3, -0.25) is 0 Å². The van der Waals surface area contributed by atoms with Crippen LogP contribution in [0.4, 0.5) is 23.1 Å². The van der Waals surface area contributed by atoms with E-state index in [4.69, 9.17) is 4.74 Å². The van der Waals surface area contributed by atoms with Gasteiger partial charge in [-0.1, -0.05) is 12.1 Å². The standard InChI is InChI=1S/C17H25N7O/c1-23(2)8-7-18-16-13-19-22-17(21-16)20-14-5-3-4-6-15(14)24-9-11-25-12-10-24/h3-6,13H,7-12H2,1-2H3,(H2,18,20,21,22). The summed E-state index contributed by atoms with van der Waals surface area (Å²) in [6.07, 6.45) is 1.63. The van der Waals surface area contributed by atoms with Crippen LogP contribution in [0.15, 0.2) is 30.5 Å². The highest BCUT2D eigenvalue weighted by Crippen LogP contribution is 2.28. The third-order valence-electron chi connectivity index (χ3n) is 3.93. The Kier molecular flexibility index (Phi) is 5.97. The van der Waals surface area contributed by atoms with E-state index in [1.54, 1.807) is 6.20 Å². The highest BCUT2D eigenvalue weighted by atomic mass is 16.5. The largest absolute Gasteiger partial charge is 0.378 e. The van der Waals surface area contributed by atoms with E-state index in [2.05, 4.69) is 41.7 Å². The van der Waals surface area contributed by atoms with Crippen LogP contribution in [0.2, 0.25) is 0 Å². The van der Waals surface area contributed by atoms with E-state index in [-0.39, 0.29) is 0 Å². The van der Waals surface area contributed by atoms with Crippen LogP contribution in [0.3, 0.4) is 0 Å². The second-order valence-electron chi connectivity index (χ2n) is 6.14. The number of anilines is 4. The van der Waals surface area contributed by atoms with Gasteiger partial charge in [-0.25, -0.2) is 0 Å². The lowest BCUT2D eigenvalue weighted by Gasteiger charge is -2.30. The zero-order valence-electron chi connectivity index (χ0n) is 14.8. The zero-order valence-corrected chi connectivity index (χ0v) is 14.8. The van der Waals surface area contributed by atoms with E-state index in [1.807, 2.05) is 32.3 Å². The molecule has 1 aromatic heterocycles. The number of hydrogen-bond acceptors (Lipinski definition) is 8. The van der Waals surface area contributed by atoms with Crippen LogP contribution in [0, 0.1) is 0 Å². The summed E-state index contributed by atoms with van der Waals surface area (Å²) in [4.78, 5) is 8.91. The van der Waals surface area contributed by atoms with Gasteiger partial charge < -0.3 is 25.2 Å². The van der Waals surface area contributed by atoms with E-state index in [0.29, 0.717) is 11.8 Å². The second kappa shape index (κ2) is 8.59. The third-order valence-corrected chi connectivity index (χ3v) is 3.93. The highest BCUT2D eigenvalue weighted by Gasteiger charge is 2.15. The Bertz CT molecular complexity index is 674. The molecule has 0 saturated carbocycles. The maximum absolute atomic E-state index is 5.44. The number of rotatable bonds is 7. The van der Waals surface area contributed by atoms with Crippen molar-refractivity contribution in [1.29, 1.82) is 0 Å². The molecule has 25 heavy (non-hydrogen) atoms. The number of ether oxygens (including phenoxy) is 1. The fourth-order valence-corrected chi connectivity index (χ4v) is 2.63. The summed E-state index contributed by atoms with van der Waals surface area (Å²) in [5.74, 6) is 1.19. The molecule has 0 amide bonds. The average Bonchev–Trinajstić information content (AvgIpc) is 2.63. The first-order valence-electron chi connectivity index (χ1n) is 8.49. The molecule has 2 heterocycles. The second-order valence-corrected chi connectivity index (χ2v) is 6.14. The summed E-state index contributed by atoms with van der Waals surface area (Å²) in [6.45, 7) is 4.98. The van der Waals surface area contributed by atoms with Crippen molar-refractivity contribution < 1.29 is 4.74 Å². The molecule has 2 aromatic rings. The van der Waals surface area contributed by atoms with E-state index in [9.17, 15) is 0 Å². The normalized spacial score (nSPS) is 14.6. The number of morpholine rings is 1. The summed E-state index contributed by atoms with van der Waals surface area (Å²) in [6, 6.07) is 8.16. The molecule has 134 valence electrons. The Balaban J connectivity index is 1.70. The van der Waals surface area contributed by atoms with E-state index in [1.165, 1.54) is 0 Å². The number of likely N-dealkylation sites (N-methyl/N-ethyl adjacent to an activating group) is 1.